The summed E-state index contributed by atoms with van der Waals surface area (Å²) in [4.78, 5) is 12.6. The van der Waals surface area contributed by atoms with E-state index in [1.807, 2.05) is 0 Å². The lowest BCUT2D eigenvalue weighted by molar-refractivity contribution is -0.133. The van der Waals surface area contributed by atoms with Gasteiger partial charge in [0.15, 0.2) is 0 Å². The van der Waals surface area contributed by atoms with Crippen molar-refractivity contribution < 1.29 is 4.79 Å². The fourth-order valence-corrected chi connectivity index (χ4v) is 3.68. The molecule has 92 valence electrons. The largest absolute Gasteiger partial charge is 0.316 e. The molecule has 1 aliphatic heterocycles. The molecule has 1 aliphatic carbocycles. The first kappa shape index (κ1) is 12.1. The van der Waals surface area contributed by atoms with Crippen LogP contribution in [0, 0.1) is 23.2 Å². The van der Waals surface area contributed by atoms with Gasteiger partial charge in [0.1, 0.15) is 5.78 Å². The molecule has 1 saturated heterocycles. The predicted molar refractivity (Wildman–Crippen MR) is 66.3 cm³/mol. The molecule has 2 aliphatic rings. The normalized spacial score (nSPS) is 44.6. The third-order valence-corrected chi connectivity index (χ3v) is 4.51. The summed E-state index contributed by atoms with van der Waals surface area (Å²) < 4.78 is 0. The van der Waals surface area contributed by atoms with Crippen molar-refractivity contribution in [3.8, 4) is 0 Å². The number of rotatable bonds is 2. The summed E-state index contributed by atoms with van der Waals surface area (Å²) in [6, 6.07) is 0. The second kappa shape index (κ2) is 4.48. The van der Waals surface area contributed by atoms with Crippen molar-refractivity contribution in [2.45, 2.75) is 46.5 Å². The summed E-state index contributed by atoms with van der Waals surface area (Å²) in [5.74, 6) is 2.34. The molecule has 0 aromatic carbocycles. The van der Waals surface area contributed by atoms with Crippen LogP contribution in [0.4, 0.5) is 0 Å². The zero-order chi connectivity index (χ0) is 11.8. The van der Waals surface area contributed by atoms with Gasteiger partial charge in [-0.25, -0.2) is 0 Å². The highest BCUT2D eigenvalue weighted by molar-refractivity contribution is 5.87. The van der Waals surface area contributed by atoms with Crippen LogP contribution in [0.5, 0.6) is 0 Å². The van der Waals surface area contributed by atoms with Gasteiger partial charge in [0.2, 0.25) is 0 Å². The van der Waals surface area contributed by atoms with Crippen LogP contribution < -0.4 is 5.32 Å². The Morgan fingerprint density at radius 3 is 2.31 bits per heavy atom. The minimum atomic E-state index is -0.0680. The SMILES string of the molecule is CC1CC(C)CC(C(=O)C2(C)CCNC2)C1. The second-order valence-electron chi connectivity index (χ2n) is 6.47. The lowest BCUT2D eigenvalue weighted by atomic mass is 9.69. The van der Waals surface area contributed by atoms with E-state index in [2.05, 4.69) is 26.1 Å². The topological polar surface area (TPSA) is 29.1 Å². The quantitative estimate of drug-likeness (QED) is 0.779. The minimum Gasteiger partial charge on any atom is -0.316 e. The van der Waals surface area contributed by atoms with Crippen molar-refractivity contribution in [3.05, 3.63) is 0 Å². The zero-order valence-corrected chi connectivity index (χ0v) is 10.9. The fourth-order valence-electron chi connectivity index (χ4n) is 3.68. The maximum Gasteiger partial charge on any atom is 0.143 e. The Hall–Kier alpha value is -0.370. The predicted octanol–water partition coefficient (Wildman–Crippen LogP) is 2.63. The first-order valence-electron chi connectivity index (χ1n) is 6.76. The molecule has 0 bridgehead atoms. The molecule has 0 amide bonds. The summed E-state index contributed by atoms with van der Waals surface area (Å²) in [6.45, 7) is 8.65. The number of carbonyl (C=O) groups is 1. The Balaban J connectivity index is 2.03. The van der Waals surface area contributed by atoms with E-state index in [1.165, 1.54) is 6.42 Å². The highest BCUT2D eigenvalue weighted by Crippen LogP contribution is 2.39. The number of hydrogen-bond acceptors (Lipinski definition) is 2. The van der Waals surface area contributed by atoms with Crippen LogP contribution in [-0.2, 0) is 4.79 Å². The van der Waals surface area contributed by atoms with Gasteiger partial charge in [0.05, 0.1) is 0 Å². The van der Waals surface area contributed by atoms with Crippen LogP contribution in [-0.4, -0.2) is 18.9 Å². The van der Waals surface area contributed by atoms with E-state index in [0.29, 0.717) is 11.7 Å². The molecular formula is C14H25NO. The highest BCUT2D eigenvalue weighted by Gasteiger charge is 2.41. The van der Waals surface area contributed by atoms with Crippen LogP contribution in [0.3, 0.4) is 0 Å². The third kappa shape index (κ3) is 2.32. The van der Waals surface area contributed by atoms with Crippen LogP contribution in [0.15, 0.2) is 0 Å². The minimum absolute atomic E-state index is 0.0680. The van der Waals surface area contributed by atoms with Gasteiger partial charge in [-0.15, -0.1) is 0 Å². The maximum atomic E-state index is 12.6. The monoisotopic (exact) mass is 223 g/mol. The Bertz CT molecular complexity index is 258. The van der Waals surface area contributed by atoms with Crippen molar-refractivity contribution in [2.75, 3.05) is 13.1 Å². The van der Waals surface area contributed by atoms with E-state index in [0.717, 1.165) is 44.2 Å². The van der Waals surface area contributed by atoms with Gasteiger partial charge in [0.25, 0.3) is 0 Å². The summed E-state index contributed by atoms with van der Waals surface area (Å²) in [7, 11) is 0. The van der Waals surface area contributed by atoms with E-state index in [4.69, 9.17) is 0 Å². The van der Waals surface area contributed by atoms with Gasteiger partial charge >= 0.3 is 0 Å². The van der Waals surface area contributed by atoms with E-state index in [9.17, 15) is 4.79 Å². The molecule has 2 fully saturated rings. The smallest absolute Gasteiger partial charge is 0.143 e. The fraction of sp³-hybridized carbons (Fsp3) is 0.929. The number of hydrogen-bond donors (Lipinski definition) is 1. The molecule has 3 unspecified atom stereocenters. The first-order chi connectivity index (χ1) is 7.51. The molecule has 0 radical (unpaired) electrons. The molecule has 16 heavy (non-hydrogen) atoms. The lowest BCUT2D eigenvalue weighted by Gasteiger charge is -2.35. The van der Waals surface area contributed by atoms with Crippen LogP contribution in [0.1, 0.15) is 46.5 Å². The number of ketones is 1. The van der Waals surface area contributed by atoms with Crippen molar-refractivity contribution >= 4 is 5.78 Å². The average molecular weight is 223 g/mol. The molecule has 2 heteroatoms. The lowest BCUT2D eigenvalue weighted by Crippen LogP contribution is -2.38. The van der Waals surface area contributed by atoms with Gasteiger partial charge in [-0.1, -0.05) is 20.8 Å². The summed E-state index contributed by atoms with van der Waals surface area (Å²) >= 11 is 0. The van der Waals surface area contributed by atoms with Crippen molar-refractivity contribution in [2.24, 2.45) is 23.2 Å². The van der Waals surface area contributed by atoms with E-state index in [-0.39, 0.29) is 5.41 Å². The summed E-state index contributed by atoms with van der Waals surface area (Å²) in [5, 5.41) is 3.33. The zero-order valence-electron chi connectivity index (χ0n) is 10.9. The molecule has 1 N–H and O–H groups in total. The van der Waals surface area contributed by atoms with E-state index < -0.39 is 0 Å². The molecule has 0 aromatic rings. The van der Waals surface area contributed by atoms with Crippen LogP contribution in [0.25, 0.3) is 0 Å². The van der Waals surface area contributed by atoms with Crippen molar-refractivity contribution in [1.82, 2.24) is 5.32 Å². The van der Waals surface area contributed by atoms with Gasteiger partial charge in [-0.2, -0.15) is 0 Å². The van der Waals surface area contributed by atoms with Gasteiger partial charge in [0, 0.05) is 17.9 Å². The van der Waals surface area contributed by atoms with Gasteiger partial charge in [-0.3, -0.25) is 4.79 Å². The molecular weight excluding hydrogens is 198 g/mol. The Labute approximate surface area is 99.2 Å². The Morgan fingerprint density at radius 1 is 1.19 bits per heavy atom. The second-order valence-corrected chi connectivity index (χ2v) is 6.47. The Kier molecular flexibility index (Phi) is 3.39. The molecule has 0 aromatic heterocycles. The standard InChI is InChI=1S/C14H25NO/c1-10-6-11(2)8-12(7-10)13(16)14(3)4-5-15-9-14/h10-12,15H,4-9H2,1-3H3. The molecule has 0 spiro atoms. The van der Waals surface area contributed by atoms with E-state index in [1.54, 1.807) is 0 Å². The number of Topliss-reactive ketones (excluding diaryl/α,β-unsaturated/α-hetero) is 1. The number of carbonyl (C=O) groups excluding carboxylic acids is 1. The van der Waals surface area contributed by atoms with Crippen LogP contribution >= 0.6 is 0 Å². The van der Waals surface area contributed by atoms with Gasteiger partial charge < -0.3 is 5.32 Å². The molecule has 1 heterocycles. The molecule has 1 saturated carbocycles. The average Bonchev–Trinajstić information content (AvgIpc) is 2.64. The summed E-state index contributed by atoms with van der Waals surface area (Å²) in [6.07, 6.45) is 4.58. The van der Waals surface area contributed by atoms with Crippen molar-refractivity contribution in [3.63, 3.8) is 0 Å². The third-order valence-electron chi connectivity index (χ3n) is 4.51. The van der Waals surface area contributed by atoms with E-state index >= 15 is 0 Å². The van der Waals surface area contributed by atoms with Gasteiger partial charge in [-0.05, 0) is 44.1 Å². The maximum absolute atomic E-state index is 12.6. The Morgan fingerprint density at radius 2 is 1.81 bits per heavy atom. The van der Waals surface area contributed by atoms with Crippen molar-refractivity contribution in [1.29, 1.82) is 0 Å². The van der Waals surface area contributed by atoms with Crippen LogP contribution in [0.2, 0.25) is 0 Å². The number of nitrogens with one attached hydrogen (secondary N) is 1. The first-order valence-corrected chi connectivity index (χ1v) is 6.76. The molecule has 2 nitrogen and oxygen atoms in total. The summed E-state index contributed by atoms with van der Waals surface area (Å²) in [5.41, 5.74) is -0.0680. The molecule has 3 atom stereocenters. The highest BCUT2D eigenvalue weighted by atomic mass is 16.1. The molecule has 2 rings (SSSR count).